The van der Waals surface area contributed by atoms with Gasteiger partial charge in [0, 0.05) is 33.6 Å². The molecule has 1 aromatic heterocycles. The van der Waals surface area contributed by atoms with Crippen LogP contribution < -0.4 is 10.6 Å². The first-order chi connectivity index (χ1) is 8.75. The van der Waals surface area contributed by atoms with Crippen molar-refractivity contribution in [2.45, 2.75) is 33.2 Å². The summed E-state index contributed by atoms with van der Waals surface area (Å²) >= 11 is 0. The lowest BCUT2D eigenvalue weighted by atomic mass is 10.0. The van der Waals surface area contributed by atoms with Crippen molar-refractivity contribution in [3.8, 4) is 0 Å². The number of nitro groups is 1. The van der Waals surface area contributed by atoms with Gasteiger partial charge in [0.1, 0.15) is 0 Å². The van der Waals surface area contributed by atoms with Gasteiger partial charge < -0.3 is 20.7 Å². The highest BCUT2D eigenvalue weighted by Gasteiger charge is 2.26. The van der Waals surface area contributed by atoms with Crippen LogP contribution in [0.5, 0.6) is 0 Å². The molecule has 1 unspecified atom stereocenters. The summed E-state index contributed by atoms with van der Waals surface area (Å²) in [5.41, 5.74) is 6.00. The van der Waals surface area contributed by atoms with Gasteiger partial charge in [0.2, 0.25) is 11.6 Å². The molecule has 0 aliphatic carbocycles. The highest BCUT2D eigenvalue weighted by molar-refractivity contribution is 5.55. The van der Waals surface area contributed by atoms with Crippen LogP contribution >= 0.6 is 0 Å². The van der Waals surface area contributed by atoms with Crippen molar-refractivity contribution in [1.82, 2.24) is 9.55 Å². The fraction of sp³-hybridized carbons (Fsp3) is 0.750. The lowest BCUT2D eigenvalue weighted by Gasteiger charge is -2.22. The molecule has 0 aromatic carbocycles. The number of rotatable bonds is 6. The fourth-order valence-corrected chi connectivity index (χ4v) is 1.91. The molecule has 0 saturated carbocycles. The maximum absolute atomic E-state index is 11.0. The van der Waals surface area contributed by atoms with E-state index in [0.717, 1.165) is 6.42 Å². The molecule has 0 spiro atoms. The van der Waals surface area contributed by atoms with Gasteiger partial charge in [0.15, 0.2) is 0 Å². The van der Waals surface area contributed by atoms with Crippen LogP contribution in [0.1, 0.15) is 26.1 Å². The Morgan fingerprint density at radius 1 is 1.53 bits per heavy atom. The molecule has 0 amide bonds. The van der Waals surface area contributed by atoms with E-state index in [9.17, 15) is 10.1 Å². The number of hydrogen-bond donors (Lipinski definition) is 1. The van der Waals surface area contributed by atoms with E-state index in [-0.39, 0.29) is 11.9 Å². The summed E-state index contributed by atoms with van der Waals surface area (Å²) in [6.45, 7) is 6.56. The third-order valence-electron chi connectivity index (χ3n) is 3.46. The number of anilines is 1. The van der Waals surface area contributed by atoms with E-state index in [0.29, 0.717) is 24.1 Å². The monoisotopic (exact) mass is 269 g/mol. The van der Waals surface area contributed by atoms with Crippen molar-refractivity contribution in [2.75, 3.05) is 18.5 Å². The van der Waals surface area contributed by atoms with E-state index in [1.54, 1.807) is 18.5 Å². The Morgan fingerprint density at radius 3 is 2.58 bits per heavy atom. The Kier molecular flexibility index (Phi) is 4.88. The molecule has 1 aromatic rings. The average molecular weight is 269 g/mol. The minimum absolute atomic E-state index is 0.0934. The maximum Gasteiger partial charge on any atom is 0.406 e. The molecule has 7 nitrogen and oxygen atoms in total. The van der Waals surface area contributed by atoms with Gasteiger partial charge in [-0.15, -0.1) is 0 Å². The summed E-state index contributed by atoms with van der Waals surface area (Å²) in [4.78, 5) is 16.4. The molecule has 19 heavy (non-hydrogen) atoms. The minimum Gasteiger partial charge on any atom is -0.358 e. The van der Waals surface area contributed by atoms with E-state index >= 15 is 0 Å². The molecule has 0 fully saturated rings. The molecule has 108 valence electrons. The topological polar surface area (TPSA) is 90.2 Å². The zero-order chi connectivity index (χ0) is 14.7. The van der Waals surface area contributed by atoms with Crippen molar-refractivity contribution in [2.24, 2.45) is 18.7 Å². The van der Waals surface area contributed by atoms with E-state index in [2.05, 4.69) is 18.8 Å². The summed E-state index contributed by atoms with van der Waals surface area (Å²) in [5.74, 6) is 1.46. The zero-order valence-corrected chi connectivity index (χ0v) is 12.3. The Balaban J connectivity index is 2.87. The molecule has 2 N–H and O–H groups in total. The number of aromatic nitrogens is 2. The van der Waals surface area contributed by atoms with Gasteiger partial charge in [0.05, 0.1) is 0 Å². The number of hydrogen-bond acceptors (Lipinski definition) is 5. The first-order valence-electron chi connectivity index (χ1n) is 6.40. The van der Waals surface area contributed by atoms with Gasteiger partial charge in [-0.05, 0) is 22.2 Å². The van der Waals surface area contributed by atoms with Crippen LogP contribution in [0, 0.1) is 23.0 Å². The molecule has 1 rings (SSSR count). The Labute approximate surface area is 113 Å². The Morgan fingerprint density at radius 2 is 2.11 bits per heavy atom. The van der Waals surface area contributed by atoms with Crippen LogP contribution in [-0.4, -0.2) is 34.1 Å². The van der Waals surface area contributed by atoms with Gasteiger partial charge in [-0.2, -0.15) is 0 Å². The highest BCUT2D eigenvalue weighted by Crippen LogP contribution is 2.27. The summed E-state index contributed by atoms with van der Waals surface area (Å²) in [5, 5.41) is 11.0. The van der Waals surface area contributed by atoms with Crippen molar-refractivity contribution in [1.29, 1.82) is 0 Å². The van der Waals surface area contributed by atoms with Crippen LogP contribution in [-0.2, 0) is 7.05 Å². The standard InChI is InChI=1S/C12H23N5O2/c1-8(2)10(13)6-7-15(4)12-11(17(18)19)14-9(3)16(12)5/h8,10H,6-7,13H2,1-5H3. The van der Waals surface area contributed by atoms with Crippen molar-refractivity contribution < 1.29 is 4.92 Å². The third-order valence-corrected chi connectivity index (χ3v) is 3.46. The summed E-state index contributed by atoms with van der Waals surface area (Å²) in [6.07, 6.45) is 0.787. The first kappa shape index (κ1) is 15.4. The maximum atomic E-state index is 11.0. The van der Waals surface area contributed by atoms with Crippen molar-refractivity contribution in [3.63, 3.8) is 0 Å². The predicted octanol–water partition coefficient (Wildman–Crippen LogP) is 1.45. The fourth-order valence-electron chi connectivity index (χ4n) is 1.91. The summed E-state index contributed by atoms with van der Waals surface area (Å²) < 4.78 is 1.74. The zero-order valence-electron chi connectivity index (χ0n) is 12.3. The van der Waals surface area contributed by atoms with Crippen molar-refractivity contribution >= 4 is 11.6 Å². The largest absolute Gasteiger partial charge is 0.406 e. The molecule has 1 atom stereocenters. The lowest BCUT2D eigenvalue weighted by molar-refractivity contribution is -0.388. The Bertz CT molecular complexity index is 455. The van der Waals surface area contributed by atoms with Crippen LogP contribution in [0.3, 0.4) is 0 Å². The van der Waals surface area contributed by atoms with Crippen LogP contribution in [0.2, 0.25) is 0 Å². The molecular weight excluding hydrogens is 246 g/mol. The van der Waals surface area contributed by atoms with E-state index in [4.69, 9.17) is 5.73 Å². The van der Waals surface area contributed by atoms with Crippen LogP contribution in [0.25, 0.3) is 0 Å². The normalized spacial score (nSPS) is 12.8. The molecular formula is C12H23N5O2. The number of nitrogens with two attached hydrogens (primary N) is 1. The quantitative estimate of drug-likeness (QED) is 0.623. The predicted molar refractivity (Wildman–Crippen MR) is 75.3 cm³/mol. The van der Waals surface area contributed by atoms with E-state index in [1.165, 1.54) is 0 Å². The van der Waals surface area contributed by atoms with Gasteiger partial charge in [-0.25, -0.2) is 0 Å². The second-order valence-corrected chi connectivity index (χ2v) is 5.24. The van der Waals surface area contributed by atoms with Crippen molar-refractivity contribution in [3.05, 3.63) is 15.9 Å². The average Bonchev–Trinajstić information content (AvgIpc) is 2.62. The van der Waals surface area contributed by atoms with Gasteiger partial charge >= 0.3 is 5.82 Å². The Hall–Kier alpha value is -1.63. The minimum atomic E-state index is -0.443. The van der Waals surface area contributed by atoms with Crippen LogP contribution in [0.4, 0.5) is 11.6 Å². The third kappa shape index (κ3) is 3.44. The van der Waals surface area contributed by atoms with E-state index < -0.39 is 4.92 Å². The second kappa shape index (κ2) is 6.01. The molecule has 0 saturated heterocycles. The van der Waals surface area contributed by atoms with Gasteiger partial charge in [-0.1, -0.05) is 13.8 Å². The highest BCUT2D eigenvalue weighted by atomic mass is 16.6. The molecule has 0 bridgehead atoms. The smallest absolute Gasteiger partial charge is 0.358 e. The number of nitrogens with zero attached hydrogens (tertiary/aromatic N) is 4. The number of imidazole rings is 1. The van der Waals surface area contributed by atoms with E-state index in [1.807, 2.05) is 11.9 Å². The molecule has 0 aliphatic rings. The molecule has 1 heterocycles. The summed E-state index contributed by atoms with van der Waals surface area (Å²) in [7, 11) is 3.61. The number of aryl methyl sites for hydroxylation is 1. The van der Waals surface area contributed by atoms with Crippen LogP contribution in [0.15, 0.2) is 0 Å². The van der Waals surface area contributed by atoms with Gasteiger partial charge in [-0.3, -0.25) is 4.57 Å². The first-order valence-corrected chi connectivity index (χ1v) is 6.40. The second-order valence-electron chi connectivity index (χ2n) is 5.24. The molecule has 0 radical (unpaired) electrons. The SMILES string of the molecule is Cc1nc([N+](=O)[O-])c(N(C)CCC(N)C(C)C)n1C. The summed E-state index contributed by atoms with van der Waals surface area (Å²) in [6, 6.07) is 0.0934. The van der Waals surface area contributed by atoms with Gasteiger partial charge in [0.25, 0.3) is 0 Å². The lowest BCUT2D eigenvalue weighted by Crippen LogP contribution is -2.32. The molecule has 0 aliphatic heterocycles. The molecule has 7 heteroatoms.